The second-order valence-electron chi connectivity index (χ2n) is 7.52. The number of aliphatic hydroxyl groups is 1. The Hall–Kier alpha value is -2.91. The van der Waals surface area contributed by atoms with Crippen LogP contribution < -0.4 is 5.32 Å². The average molecular weight is 452 g/mol. The van der Waals surface area contributed by atoms with E-state index in [4.69, 9.17) is 15.0 Å². The van der Waals surface area contributed by atoms with Gasteiger partial charge in [0.05, 0.1) is 12.2 Å². The van der Waals surface area contributed by atoms with Crippen molar-refractivity contribution in [3.63, 3.8) is 0 Å². The molecule has 9 heteroatoms. The van der Waals surface area contributed by atoms with Crippen molar-refractivity contribution in [2.45, 2.75) is 25.6 Å². The van der Waals surface area contributed by atoms with Gasteiger partial charge in [-0.15, -0.1) is 0 Å². The molecule has 1 saturated heterocycles. The van der Waals surface area contributed by atoms with Crippen LogP contribution in [-0.4, -0.2) is 53.7 Å². The highest BCUT2D eigenvalue weighted by Crippen LogP contribution is 2.31. The summed E-state index contributed by atoms with van der Waals surface area (Å²) in [5, 5.41) is 18.5. The molecule has 1 fully saturated rings. The number of aliphatic hydroxyl groups excluding tert-OH is 1. The van der Waals surface area contributed by atoms with Gasteiger partial charge in [0, 0.05) is 25.2 Å². The van der Waals surface area contributed by atoms with Gasteiger partial charge in [0.15, 0.2) is 0 Å². The number of nitrogens with one attached hydrogen (secondary N) is 1. The fourth-order valence-corrected chi connectivity index (χ4v) is 3.78. The van der Waals surface area contributed by atoms with E-state index in [1.54, 1.807) is 12.1 Å². The van der Waals surface area contributed by atoms with Crippen LogP contribution in [0.3, 0.4) is 0 Å². The molecule has 2 aromatic carbocycles. The van der Waals surface area contributed by atoms with Crippen molar-refractivity contribution in [2.24, 2.45) is 5.92 Å². The van der Waals surface area contributed by atoms with Gasteiger partial charge in [-0.05, 0) is 54.6 Å². The lowest BCUT2D eigenvalue weighted by molar-refractivity contribution is -0.138. The predicted octanol–water partition coefficient (Wildman–Crippen LogP) is 3.19. The number of benzene rings is 2. The van der Waals surface area contributed by atoms with Gasteiger partial charge in [-0.3, -0.25) is 9.59 Å². The third-order valence-electron chi connectivity index (χ3n) is 5.29. The number of carbonyl (C=O) groups excluding carboxylic acids is 1. The van der Waals surface area contributed by atoms with Crippen LogP contribution in [0.5, 0.6) is 0 Å². The number of β-amino-alcohol motifs (C(OH)–C–C–N with tert-alkyl or cyclic N) is 1. The molecule has 1 heterocycles. The summed E-state index contributed by atoms with van der Waals surface area (Å²) in [4.78, 5) is 22.9. The minimum atomic E-state index is -4.45. The van der Waals surface area contributed by atoms with Crippen LogP contribution in [0.1, 0.15) is 33.5 Å². The molecule has 0 bridgehead atoms. The summed E-state index contributed by atoms with van der Waals surface area (Å²) < 4.78 is 39.1. The maximum atomic E-state index is 13.0. The van der Waals surface area contributed by atoms with Crippen molar-refractivity contribution in [2.75, 3.05) is 26.2 Å². The lowest BCUT2D eigenvalue weighted by Crippen LogP contribution is -2.25. The van der Waals surface area contributed by atoms with Crippen LogP contribution in [0.25, 0.3) is 0 Å². The molecule has 174 valence electrons. The standard InChI is InChI=1S/C22H25F3N2O2.CH2O2/c23-22(24,25)20-4-2-1-3-19(20)14-26-21(29)18-7-5-16(6-8-18)13-17-9-10-27(15-17)11-12-28;2-1-3/h1-8,17,28H,9-15H2,(H,26,29);1H,(H,2,3). The summed E-state index contributed by atoms with van der Waals surface area (Å²) in [5.74, 6) is 0.128. The quantitative estimate of drug-likeness (QED) is 0.562. The van der Waals surface area contributed by atoms with Gasteiger partial charge >= 0.3 is 6.18 Å². The summed E-state index contributed by atoms with van der Waals surface area (Å²) in [6, 6.07) is 12.5. The van der Waals surface area contributed by atoms with Crippen molar-refractivity contribution in [1.29, 1.82) is 0 Å². The lowest BCUT2D eigenvalue weighted by atomic mass is 9.98. The lowest BCUT2D eigenvalue weighted by Gasteiger charge is -2.14. The van der Waals surface area contributed by atoms with E-state index in [0.29, 0.717) is 18.0 Å². The molecule has 1 atom stereocenters. The Bertz CT molecular complexity index is 872. The molecule has 2 aromatic rings. The Morgan fingerprint density at radius 2 is 1.81 bits per heavy atom. The van der Waals surface area contributed by atoms with Crippen LogP contribution in [0.15, 0.2) is 48.5 Å². The number of alkyl halides is 3. The van der Waals surface area contributed by atoms with Crippen molar-refractivity contribution in [3.05, 3.63) is 70.8 Å². The van der Waals surface area contributed by atoms with Gasteiger partial charge in [-0.2, -0.15) is 13.2 Å². The Morgan fingerprint density at radius 1 is 1.16 bits per heavy atom. The first-order chi connectivity index (χ1) is 15.3. The zero-order chi connectivity index (χ0) is 23.6. The molecule has 1 aliphatic heterocycles. The highest BCUT2D eigenvalue weighted by atomic mass is 19.4. The van der Waals surface area contributed by atoms with Gasteiger partial charge in [0.1, 0.15) is 0 Å². The topological polar surface area (TPSA) is 89.9 Å². The van der Waals surface area contributed by atoms with E-state index in [0.717, 1.165) is 37.6 Å². The molecule has 0 radical (unpaired) electrons. The summed E-state index contributed by atoms with van der Waals surface area (Å²) in [5.41, 5.74) is 0.854. The Balaban J connectivity index is 0.00000114. The van der Waals surface area contributed by atoms with Gasteiger partial charge in [0.25, 0.3) is 12.4 Å². The van der Waals surface area contributed by atoms with Crippen LogP contribution in [0.4, 0.5) is 13.2 Å². The van der Waals surface area contributed by atoms with E-state index in [1.165, 1.54) is 18.2 Å². The summed E-state index contributed by atoms with van der Waals surface area (Å²) in [6.45, 7) is 2.39. The monoisotopic (exact) mass is 452 g/mol. The summed E-state index contributed by atoms with van der Waals surface area (Å²) >= 11 is 0. The van der Waals surface area contributed by atoms with E-state index in [2.05, 4.69) is 10.2 Å². The Kier molecular flexibility index (Phi) is 9.67. The van der Waals surface area contributed by atoms with E-state index >= 15 is 0 Å². The maximum Gasteiger partial charge on any atom is 0.416 e. The number of nitrogens with zero attached hydrogens (tertiary/aromatic N) is 1. The second kappa shape index (κ2) is 12.2. The van der Waals surface area contributed by atoms with Gasteiger partial charge in [-0.25, -0.2) is 0 Å². The molecule has 0 saturated carbocycles. The normalized spacial score (nSPS) is 16.2. The van der Waals surface area contributed by atoms with E-state index < -0.39 is 17.6 Å². The second-order valence-corrected chi connectivity index (χ2v) is 7.52. The highest BCUT2D eigenvalue weighted by Gasteiger charge is 2.32. The first-order valence-corrected chi connectivity index (χ1v) is 10.2. The highest BCUT2D eigenvalue weighted by molar-refractivity contribution is 5.94. The molecule has 1 aliphatic rings. The minimum absolute atomic E-state index is 0.0404. The summed E-state index contributed by atoms with van der Waals surface area (Å²) in [7, 11) is 0. The third kappa shape index (κ3) is 7.65. The first kappa shape index (κ1) is 25.4. The molecule has 6 nitrogen and oxygen atoms in total. The van der Waals surface area contributed by atoms with Crippen LogP contribution >= 0.6 is 0 Å². The van der Waals surface area contributed by atoms with Crippen molar-refractivity contribution < 1.29 is 33.0 Å². The number of hydrogen-bond donors (Lipinski definition) is 3. The molecule has 3 N–H and O–H groups in total. The number of halogens is 3. The molecule has 1 amide bonds. The first-order valence-electron chi connectivity index (χ1n) is 10.2. The molecule has 0 spiro atoms. The summed E-state index contributed by atoms with van der Waals surface area (Å²) in [6.07, 6.45) is -2.46. The number of carboxylic acid groups (broad SMARTS) is 1. The largest absolute Gasteiger partial charge is 0.483 e. The number of hydrogen-bond acceptors (Lipinski definition) is 4. The molecular formula is C23H27F3N2O4. The zero-order valence-electron chi connectivity index (χ0n) is 17.5. The van der Waals surface area contributed by atoms with Crippen LogP contribution in [0.2, 0.25) is 0 Å². The third-order valence-corrected chi connectivity index (χ3v) is 5.29. The molecule has 1 unspecified atom stereocenters. The van der Waals surface area contributed by atoms with Crippen molar-refractivity contribution >= 4 is 12.4 Å². The maximum absolute atomic E-state index is 13.0. The minimum Gasteiger partial charge on any atom is -0.483 e. The number of carbonyl (C=O) groups is 2. The molecular weight excluding hydrogens is 425 g/mol. The van der Waals surface area contributed by atoms with E-state index in [-0.39, 0.29) is 25.2 Å². The fourth-order valence-electron chi connectivity index (χ4n) is 3.78. The fraction of sp³-hybridized carbons (Fsp3) is 0.391. The molecule has 32 heavy (non-hydrogen) atoms. The number of rotatable bonds is 7. The Morgan fingerprint density at radius 3 is 2.44 bits per heavy atom. The van der Waals surface area contributed by atoms with Crippen LogP contribution in [0, 0.1) is 5.92 Å². The molecule has 0 aromatic heterocycles. The van der Waals surface area contributed by atoms with Gasteiger partial charge < -0.3 is 20.4 Å². The zero-order valence-corrected chi connectivity index (χ0v) is 17.5. The Labute approximate surface area is 184 Å². The van der Waals surface area contributed by atoms with Crippen molar-refractivity contribution in [3.8, 4) is 0 Å². The van der Waals surface area contributed by atoms with Gasteiger partial charge in [0.2, 0.25) is 0 Å². The SMILES string of the molecule is O=C(NCc1ccccc1C(F)(F)F)c1ccc(CC2CCN(CCO)C2)cc1.O=CO. The number of amides is 1. The number of likely N-dealkylation sites (tertiary alicyclic amines) is 1. The molecule has 0 aliphatic carbocycles. The van der Waals surface area contributed by atoms with E-state index in [1.807, 2.05) is 12.1 Å². The van der Waals surface area contributed by atoms with Gasteiger partial charge in [-0.1, -0.05) is 30.3 Å². The van der Waals surface area contributed by atoms with Crippen LogP contribution in [-0.2, 0) is 23.9 Å². The predicted molar refractivity (Wildman–Crippen MR) is 113 cm³/mol. The average Bonchev–Trinajstić information content (AvgIpc) is 3.20. The molecule has 3 rings (SSSR count). The van der Waals surface area contributed by atoms with Crippen molar-refractivity contribution in [1.82, 2.24) is 10.2 Å². The van der Waals surface area contributed by atoms with E-state index in [9.17, 15) is 18.0 Å². The smallest absolute Gasteiger partial charge is 0.416 e.